The fourth-order valence-electron chi connectivity index (χ4n) is 1.62. The third kappa shape index (κ3) is 3.17. The topological polar surface area (TPSA) is 94.0 Å². The van der Waals surface area contributed by atoms with Gasteiger partial charge in [-0.3, -0.25) is 4.79 Å². The maximum absolute atomic E-state index is 11.0. The molecule has 1 aromatic heterocycles. The summed E-state index contributed by atoms with van der Waals surface area (Å²) in [6.45, 7) is 3.83. The molecule has 6 heteroatoms. The highest BCUT2D eigenvalue weighted by Crippen LogP contribution is 2.16. The van der Waals surface area contributed by atoms with Crippen molar-refractivity contribution in [3.63, 3.8) is 0 Å². The Morgan fingerprint density at radius 1 is 1.37 bits per heavy atom. The molecule has 0 radical (unpaired) electrons. The molecule has 0 saturated heterocycles. The molecular formula is C13H16N4O2. The summed E-state index contributed by atoms with van der Waals surface area (Å²) in [6, 6.07) is 6.97. The van der Waals surface area contributed by atoms with Crippen LogP contribution in [0.1, 0.15) is 35.5 Å². The number of benzene rings is 1. The van der Waals surface area contributed by atoms with Gasteiger partial charge in [-0.25, -0.2) is 4.68 Å². The molecule has 3 N–H and O–H groups in total. The van der Waals surface area contributed by atoms with Gasteiger partial charge < -0.3 is 10.8 Å². The van der Waals surface area contributed by atoms with Gasteiger partial charge in [-0.1, -0.05) is 17.3 Å². The first-order chi connectivity index (χ1) is 8.86. The minimum atomic E-state index is -1.01. The fourth-order valence-corrected chi connectivity index (χ4v) is 1.62. The summed E-state index contributed by atoms with van der Waals surface area (Å²) in [5, 5.41) is 17.7. The average Bonchev–Trinajstić information content (AvgIpc) is 2.78. The maximum Gasteiger partial charge on any atom is 0.248 e. The second-order valence-electron chi connectivity index (χ2n) is 4.92. The third-order valence-corrected chi connectivity index (χ3v) is 2.75. The zero-order valence-corrected chi connectivity index (χ0v) is 10.9. The van der Waals surface area contributed by atoms with Gasteiger partial charge in [0.25, 0.3) is 0 Å². The zero-order valence-electron chi connectivity index (χ0n) is 10.9. The van der Waals surface area contributed by atoms with Crippen molar-refractivity contribution in [2.75, 3.05) is 0 Å². The van der Waals surface area contributed by atoms with Gasteiger partial charge in [0.1, 0.15) is 11.3 Å². The predicted molar refractivity (Wildman–Crippen MR) is 69.3 cm³/mol. The monoisotopic (exact) mass is 260 g/mol. The summed E-state index contributed by atoms with van der Waals surface area (Å²) < 4.78 is 1.63. The third-order valence-electron chi connectivity index (χ3n) is 2.75. The van der Waals surface area contributed by atoms with Crippen molar-refractivity contribution in [1.29, 1.82) is 0 Å². The normalized spacial score (nSPS) is 11.5. The van der Waals surface area contributed by atoms with Gasteiger partial charge in [0.15, 0.2) is 0 Å². The molecule has 6 nitrogen and oxygen atoms in total. The van der Waals surface area contributed by atoms with Crippen molar-refractivity contribution in [3.8, 4) is 0 Å². The molecule has 19 heavy (non-hydrogen) atoms. The standard InChI is InChI=1S/C13H16N4O2/c1-13(2,19)11-8-17(16-15-11)7-9-3-5-10(6-4-9)12(14)18/h3-6,8,19H,7H2,1-2H3,(H2,14,18). The number of primary amides is 1. The molecule has 2 aromatic rings. The van der Waals surface area contributed by atoms with E-state index >= 15 is 0 Å². The first-order valence-electron chi connectivity index (χ1n) is 5.88. The molecule has 0 bridgehead atoms. The molecule has 0 spiro atoms. The van der Waals surface area contributed by atoms with E-state index in [1.165, 1.54) is 0 Å². The van der Waals surface area contributed by atoms with E-state index in [9.17, 15) is 9.90 Å². The molecule has 0 unspecified atom stereocenters. The van der Waals surface area contributed by atoms with Gasteiger partial charge in [0.05, 0.1) is 12.7 Å². The molecule has 1 heterocycles. The van der Waals surface area contributed by atoms with E-state index in [-0.39, 0.29) is 0 Å². The van der Waals surface area contributed by atoms with Crippen LogP contribution in [0.25, 0.3) is 0 Å². The van der Waals surface area contributed by atoms with Crippen LogP contribution < -0.4 is 5.73 Å². The summed E-state index contributed by atoms with van der Waals surface area (Å²) in [4.78, 5) is 11.0. The molecule has 2 rings (SSSR count). The zero-order chi connectivity index (χ0) is 14.0. The lowest BCUT2D eigenvalue weighted by Crippen LogP contribution is -2.15. The van der Waals surface area contributed by atoms with Crippen molar-refractivity contribution in [1.82, 2.24) is 15.0 Å². The highest BCUT2D eigenvalue weighted by Gasteiger charge is 2.19. The molecule has 0 aliphatic heterocycles. The van der Waals surface area contributed by atoms with Gasteiger partial charge in [-0.05, 0) is 31.5 Å². The molecule has 0 aliphatic rings. The molecule has 0 saturated carbocycles. The highest BCUT2D eigenvalue weighted by molar-refractivity contribution is 5.92. The number of rotatable bonds is 4. The second-order valence-corrected chi connectivity index (χ2v) is 4.92. The van der Waals surface area contributed by atoms with Crippen LogP contribution >= 0.6 is 0 Å². The van der Waals surface area contributed by atoms with Gasteiger partial charge in [-0.2, -0.15) is 0 Å². The van der Waals surface area contributed by atoms with Crippen LogP contribution in [0, 0.1) is 0 Å². The average molecular weight is 260 g/mol. The maximum atomic E-state index is 11.0. The molecule has 0 fully saturated rings. The number of carbonyl (C=O) groups is 1. The van der Waals surface area contributed by atoms with Crippen LogP contribution in [-0.2, 0) is 12.1 Å². The number of hydrogen-bond donors (Lipinski definition) is 2. The lowest BCUT2D eigenvalue weighted by molar-refractivity contribution is 0.0737. The minimum Gasteiger partial charge on any atom is -0.384 e. The van der Waals surface area contributed by atoms with Crippen molar-refractivity contribution in [3.05, 3.63) is 47.3 Å². The number of nitrogens with two attached hydrogens (primary N) is 1. The van der Waals surface area contributed by atoms with Crippen molar-refractivity contribution in [2.24, 2.45) is 5.73 Å². The number of nitrogens with zero attached hydrogens (tertiary/aromatic N) is 3. The number of carbonyl (C=O) groups excluding carboxylic acids is 1. The SMILES string of the molecule is CC(C)(O)c1cn(Cc2ccc(C(N)=O)cc2)nn1. The van der Waals surface area contributed by atoms with E-state index in [2.05, 4.69) is 10.3 Å². The number of amides is 1. The Morgan fingerprint density at radius 2 is 2.00 bits per heavy atom. The first kappa shape index (κ1) is 13.2. The summed E-state index contributed by atoms with van der Waals surface area (Å²) >= 11 is 0. The fraction of sp³-hybridized carbons (Fsp3) is 0.308. The van der Waals surface area contributed by atoms with Crippen molar-refractivity contribution >= 4 is 5.91 Å². The van der Waals surface area contributed by atoms with Gasteiger partial charge in [0.2, 0.25) is 5.91 Å². The van der Waals surface area contributed by atoms with E-state index in [4.69, 9.17) is 5.73 Å². The van der Waals surface area contributed by atoms with Crippen LogP contribution in [0.5, 0.6) is 0 Å². The lowest BCUT2D eigenvalue weighted by atomic mass is 10.1. The Kier molecular flexibility index (Phi) is 3.35. The van der Waals surface area contributed by atoms with Crippen LogP contribution in [0.15, 0.2) is 30.5 Å². The number of aromatic nitrogens is 3. The Morgan fingerprint density at radius 3 is 2.47 bits per heavy atom. The van der Waals surface area contributed by atoms with E-state index in [0.717, 1.165) is 5.56 Å². The largest absolute Gasteiger partial charge is 0.384 e. The van der Waals surface area contributed by atoms with Crippen LogP contribution in [-0.4, -0.2) is 26.0 Å². The Bertz CT molecular complexity index is 581. The summed E-state index contributed by atoms with van der Waals surface area (Å²) in [5.41, 5.74) is 6.12. The molecule has 0 atom stereocenters. The van der Waals surface area contributed by atoms with E-state index < -0.39 is 11.5 Å². The minimum absolute atomic E-state index is 0.448. The second kappa shape index (κ2) is 4.81. The van der Waals surface area contributed by atoms with Crippen molar-refractivity contribution in [2.45, 2.75) is 26.0 Å². The summed E-state index contributed by atoms with van der Waals surface area (Å²) in [6.07, 6.45) is 1.70. The molecular weight excluding hydrogens is 244 g/mol. The van der Waals surface area contributed by atoms with Crippen LogP contribution in [0.4, 0.5) is 0 Å². The number of hydrogen-bond acceptors (Lipinski definition) is 4. The van der Waals surface area contributed by atoms with Gasteiger partial charge in [0, 0.05) is 5.56 Å². The molecule has 1 aromatic carbocycles. The Hall–Kier alpha value is -2.21. The van der Waals surface area contributed by atoms with Crippen LogP contribution in [0.3, 0.4) is 0 Å². The lowest BCUT2D eigenvalue weighted by Gasteiger charge is -2.11. The van der Waals surface area contributed by atoms with Gasteiger partial charge in [-0.15, -0.1) is 5.10 Å². The quantitative estimate of drug-likeness (QED) is 0.844. The summed E-state index contributed by atoms with van der Waals surface area (Å²) in [7, 11) is 0. The molecule has 100 valence electrons. The Labute approximate surface area is 110 Å². The molecule has 0 aliphatic carbocycles. The molecule has 1 amide bonds. The highest BCUT2D eigenvalue weighted by atomic mass is 16.3. The van der Waals surface area contributed by atoms with E-state index in [0.29, 0.717) is 17.8 Å². The van der Waals surface area contributed by atoms with Crippen molar-refractivity contribution < 1.29 is 9.90 Å². The van der Waals surface area contributed by atoms with Crippen LogP contribution in [0.2, 0.25) is 0 Å². The van der Waals surface area contributed by atoms with Gasteiger partial charge >= 0.3 is 0 Å². The number of aliphatic hydroxyl groups is 1. The summed E-state index contributed by atoms with van der Waals surface area (Å²) in [5.74, 6) is -0.448. The van der Waals surface area contributed by atoms with E-state index in [1.54, 1.807) is 36.9 Å². The van der Waals surface area contributed by atoms with E-state index in [1.807, 2.05) is 12.1 Å². The predicted octanol–water partition coefficient (Wildman–Crippen LogP) is 0.653. The first-order valence-corrected chi connectivity index (χ1v) is 5.88. The smallest absolute Gasteiger partial charge is 0.248 e. The Balaban J connectivity index is 2.13.